The first kappa shape index (κ1) is 11.0. The van der Waals surface area contributed by atoms with Gasteiger partial charge in [-0.05, 0) is 12.2 Å². The molecule has 0 bridgehead atoms. The summed E-state index contributed by atoms with van der Waals surface area (Å²) in [4.78, 5) is 11.9. The van der Waals surface area contributed by atoms with Crippen molar-refractivity contribution in [3.05, 3.63) is 35.3 Å². The molecule has 2 aliphatic rings. The van der Waals surface area contributed by atoms with Crippen molar-refractivity contribution in [1.82, 2.24) is 0 Å². The van der Waals surface area contributed by atoms with Gasteiger partial charge in [-0.25, -0.2) is 8.42 Å². The van der Waals surface area contributed by atoms with E-state index in [1.165, 1.54) is 12.2 Å². The van der Waals surface area contributed by atoms with Crippen molar-refractivity contribution in [3.8, 4) is 0 Å². The lowest BCUT2D eigenvalue weighted by Crippen LogP contribution is -2.34. The Labute approximate surface area is 93.8 Å². The molecule has 0 saturated heterocycles. The number of allylic oxidation sites excluding steroid dienone is 6. The third-order valence-electron chi connectivity index (χ3n) is 2.76. The number of carbonyl (C=O) groups excluding carboxylic acids is 1. The van der Waals surface area contributed by atoms with E-state index in [4.69, 9.17) is 5.41 Å². The molecule has 0 saturated carbocycles. The molecule has 0 amide bonds. The predicted octanol–water partition coefficient (Wildman–Crippen LogP) is 0.876. The number of rotatable bonds is 1. The van der Waals surface area contributed by atoms with Gasteiger partial charge in [-0.2, -0.15) is 0 Å². The van der Waals surface area contributed by atoms with Gasteiger partial charge in [0.2, 0.25) is 0 Å². The van der Waals surface area contributed by atoms with Crippen LogP contribution in [0.25, 0.3) is 0 Å². The summed E-state index contributed by atoms with van der Waals surface area (Å²) in [5.41, 5.74) is -0.0688. The Bertz CT molecular complexity index is 552. The first-order chi connectivity index (χ1) is 7.41. The molecule has 5 heteroatoms. The molecule has 0 aliphatic heterocycles. The minimum Gasteiger partial charge on any atom is -0.297 e. The normalized spacial score (nSPS) is 28.9. The standard InChI is InChI=1S/C11H11NO3S/c1-16(14,15)10-4-2-3-8-7(10)5-6-9(12)11(8)13/h2-8,12H,1H3. The molecule has 0 heterocycles. The molecule has 0 aromatic heterocycles. The first-order valence-electron chi connectivity index (χ1n) is 4.80. The average molecular weight is 237 g/mol. The number of sulfone groups is 1. The van der Waals surface area contributed by atoms with Crippen LogP contribution in [0.2, 0.25) is 0 Å². The van der Waals surface area contributed by atoms with Gasteiger partial charge >= 0.3 is 0 Å². The number of hydrogen-bond acceptors (Lipinski definition) is 4. The second-order valence-electron chi connectivity index (χ2n) is 3.91. The van der Waals surface area contributed by atoms with Crippen LogP contribution in [-0.2, 0) is 14.6 Å². The Morgan fingerprint density at radius 2 is 1.94 bits per heavy atom. The maximum Gasteiger partial charge on any atom is 0.188 e. The molecule has 0 aromatic carbocycles. The highest BCUT2D eigenvalue weighted by Crippen LogP contribution is 2.33. The molecule has 0 spiro atoms. The Balaban J connectivity index is 2.52. The zero-order chi connectivity index (χ0) is 11.9. The molecule has 0 aromatic rings. The first-order valence-corrected chi connectivity index (χ1v) is 6.70. The van der Waals surface area contributed by atoms with Crippen LogP contribution in [0.15, 0.2) is 35.3 Å². The summed E-state index contributed by atoms with van der Waals surface area (Å²) in [5.74, 6) is -1.30. The zero-order valence-electron chi connectivity index (χ0n) is 8.67. The van der Waals surface area contributed by atoms with Crippen molar-refractivity contribution < 1.29 is 13.2 Å². The van der Waals surface area contributed by atoms with E-state index in [9.17, 15) is 13.2 Å². The van der Waals surface area contributed by atoms with Crippen molar-refractivity contribution in [2.45, 2.75) is 0 Å². The van der Waals surface area contributed by atoms with Gasteiger partial charge in [0.1, 0.15) is 0 Å². The lowest BCUT2D eigenvalue weighted by molar-refractivity contribution is -0.115. The average Bonchev–Trinajstić information content (AvgIpc) is 2.21. The SMILES string of the molecule is CS(=O)(=O)C1=CC=CC2C(=O)C(=N)C=CC12. The Hall–Kier alpha value is -1.49. The third kappa shape index (κ3) is 1.67. The summed E-state index contributed by atoms with van der Waals surface area (Å²) >= 11 is 0. The van der Waals surface area contributed by atoms with Crippen molar-refractivity contribution >= 4 is 21.3 Å². The Kier molecular flexibility index (Phi) is 2.42. The quantitative estimate of drug-likeness (QED) is 0.735. The topological polar surface area (TPSA) is 75.1 Å². The molecule has 0 radical (unpaired) electrons. The van der Waals surface area contributed by atoms with E-state index in [1.807, 2.05) is 0 Å². The van der Waals surface area contributed by atoms with Crippen LogP contribution < -0.4 is 0 Å². The van der Waals surface area contributed by atoms with Crippen molar-refractivity contribution in [3.63, 3.8) is 0 Å². The summed E-state index contributed by atoms with van der Waals surface area (Å²) in [6, 6.07) is 0. The van der Waals surface area contributed by atoms with Gasteiger partial charge in [0.15, 0.2) is 15.6 Å². The smallest absolute Gasteiger partial charge is 0.188 e. The van der Waals surface area contributed by atoms with Crippen LogP contribution in [-0.4, -0.2) is 26.2 Å². The number of hydrogen-bond donors (Lipinski definition) is 1. The lowest BCUT2D eigenvalue weighted by Gasteiger charge is -2.27. The predicted molar refractivity (Wildman–Crippen MR) is 60.9 cm³/mol. The summed E-state index contributed by atoms with van der Waals surface area (Å²) < 4.78 is 23.1. The van der Waals surface area contributed by atoms with E-state index in [2.05, 4.69) is 0 Å². The number of Topliss-reactive ketones (excluding diaryl/α,β-unsaturated/α-hetero) is 1. The van der Waals surface area contributed by atoms with Gasteiger partial charge < -0.3 is 0 Å². The number of ketones is 1. The van der Waals surface area contributed by atoms with Crippen LogP contribution in [0.4, 0.5) is 0 Å². The monoisotopic (exact) mass is 237 g/mol. The molecule has 2 aliphatic carbocycles. The molecule has 1 N–H and O–H groups in total. The van der Waals surface area contributed by atoms with Crippen LogP contribution in [0.1, 0.15) is 0 Å². The minimum absolute atomic E-state index is 0.0688. The van der Waals surface area contributed by atoms with Crippen LogP contribution in [0, 0.1) is 17.2 Å². The molecule has 0 fully saturated rings. The van der Waals surface area contributed by atoms with Gasteiger partial charge in [0.05, 0.1) is 16.5 Å². The van der Waals surface area contributed by atoms with Crippen LogP contribution in [0.5, 0.6) is 0 Å². The second kappa shape index (κ2) is 3.52. The van der Waals surface area contributed by atoms with E-state index in [0.29, 0.717) is 0 Å². The van der Waals surface area contributed by atoms with Gasteiger partial charge in [-0.15, -0.1) is 0 Å². The van der Waals surface area contributed by atoms with E-state index < -0.39 is 21.7 Å². The Morgan fingerprint density at radius 3 is 2.56 bits per heavy atom. The second-order valence-corrected chi connectivity index (χ2v) is 5.93. The van der Waals surface area contributed by atoms with Gasteiger partial charge in [0.25, 0.3) is 0 Å². The fourth-order valence-electron chi connectivity index (χ4n) is 1.98. The molecular weight excluding hydrogens is 226 g/mol. The molecule has 2 atom stereocenters. The molecule has 4 nitrogen and oxygen atoms in total. The maximum atomic E-state index is 11.7. The lowest BCUT2D eigenvalue weighted by atomic mass is 9.79. The van der Waals surface area contributed by atoms with Gasteiger partial charge in [0, 0.05) is 12.2 Å². The number of fused-ring (bicyclic) bond motifs is 1. The van der Waals surface area contributed by atoms with E-state index in [-0.39, 0.29) is 16.4 Å². The largest absolute Gasteiger partial charge is 0.297 e. The van der Waals surface area contributed by atoms with Crippen molar-refractivity contribution in [2.24, 2.45) is 11.8 Å². The molecule has 84 valence electrons. The number of carbonyl (C=O) groups is 1. The van der Waals surface area contributed by atoms with Crippen molar-refractivity contribution in [1.29, 1.82) is 5.41 Å². The molecule has 16 heavy (non-hydrogen) atoms. The number of nitrogens with one attached hydrogen (secondary N) is 1. The molecular formula is C11H11NO3S. The maximum absolute atomic E-state index is 11.7. The molecule has 2 rings (SSSR count). The third-order valence-corrected chi connectivity index (χ3v) is 4.03. The fraction of sp³-hybridized carbons (Fsp3) is 0.273. The fourth-order valence-corrected chi connectivity index (χ4v) is 3.02. The summed E-state index contributed by atoms with van der Waals surface area (Å²) in [6.07, 6.45) is 8.87. The summed E-state index contributed by atoms with van der Waals surface area (Å²) in [6.45, 7) is 0. The van der Waals surface area contributed by atoms with Crippen LogP contribution in [0.3, 0.4) is 0 Å². The van der Waals surface area contributed by atoms with E-state index in [0.717, 1.165) is 6.26 Å². The van der Waals surface area contributed by atoms with Crippen LogP contribution >= 0.6 is 0 Å². The summed E-state index contributed by atoms with van der Waals surface area (Å²) in [7, 11) is -3.30. The highest BCUT2D eigenvalue weighted by atomic mass is 32.2. The Morgan fingerprint density at radius 1 is 1.25 bits per heavy atom. The minimum atomic E-state index is -3.30. The van der Waals surface area contributed by atoms with Gasteiger partial charge in [-0.1, -0.05) is 18.2 Å². The zero-order valence-corrected chi connectivity index (χ0v) is 9.49. The highest BCUT2D eigenvalue weighted by molar-refractivity contribution is 7.94. The van der Waals surface area contributed by atoms with Gasteiger partial charge in [-0.3, -0.25) is 10.2 Å². The van der Waals surface area contributed by atoms with Crippen molar-refractivity contribution in [2.75, 3.05) is 6.26 Å². The highest BCUT2D eigenvalue weighted by Gasteiger charge is 2.36. The molecule has 2 unspecified atom stereocenters. The van der Waals surface area contributed by atoms with E-state index in [1.54, 1.807) is 18.2 Å². The summed E-state index contributed by atoms with van der Waals surface area (Å²) in [5, 5.41) is 7.40. The van der Waals surface area contributed by atoms with E-state index >= 15 is 0 Å².